The second kappa shape index (κ2) is 10.7. The lowest BCUT2D eigenvalue weighted by atomic mass is 9.94. The van der Waals surface area contributed by atoms with Crippen LogP contribution in [-0.2, 0) is 9.53 Å². The Hall–Kier alpha value is -2.70. The Morgan fingerprint density at radius 3 is 2.55 bits per heavy atom. The van der Waals surface area contributed by atoms with Gasteiger partial charge in [0, 0.05) is 5.70 Å². The minimum Gasteiger partial charge on any atom is -0.493 e. The van der Waals surface area contributed by atoms with Crippen molar-refractivity contribution in [1.82, 2.24) is 10.6 Å². The van der Waals surface area contributed by atoms with Crippen LogP contribution in [0.4, 0.5) is 4.79 Å². The van der Waals surface area contributed by atoms with Crippen LogP contribution in [0.2, 0.25) is 0 Å². The fourth-order valence-electron chi connectivity index (χ4n) is 3.18. The molecule has 1 aliphatic heterocycles. The molecular weight excluding hydrogens is 372 g/mol. The number of benzene rings is 1. The number of hydrogen-bond acceptors (Lipinski definition) is 5. The maximum Gasteiger partial charge on any atom is 0.338 e. The zero-order chi connectivity index (χ0) is 21.4. The predicted molar refractivity (Wildman–Crippen MR) is 111 cm³/mol. The number of methoxy groups -OCH3 is 1. The van der Waals surface area contributed by atoms with E-state index in [2.05, 4.69) is 17.6 Å². The van der Waals surface area contributed by atoms with E-state index in [0.29, 0.717) is 35.8 Å². The van der Waals surface area contributed by atoms with Crippen molar-refractivity contribution in [3.05, 3.63) is 35.0 Å². The van der Waals surface area contributed by atoms with Gasteiger partial charge in [0.15, 0.2) is 11.5 Å². The highest BCUT2D eigenvalue weighted by molar-refractivity contribution is 5.95. The Morgan fingerprint density at radius 2 is 1.93 bits per heavy atom. The quantitative estimate of drug-likeness (QED) is 0.450. The summed E-state index contributed by atoms with van der Waals surface area (Å²) in [5, 5.41) is 5.55. The number of nitrogens with one attached hydrogen (secondary N) is 2. The third kappa shape index (κ3) is 5.89. The van der Waals surface area contributed by atoms with Crippen molar-refractivity contribution in [1.29, 1.82) is 0 Å². The van der Waals surface area contributed by atoms with Crippen molar-refractivity contribution in [3.8, 4) is 11.5 Å². The molecule has 1 aliphatic rings. The number of carbonyl (C=O) groups is 2. The number of rotatable bonds is 10. The van der Waals surface area contributed by atoms with Crippen molar-refractivity contribution in [2.75, 3.05) is 13.7 Å². The molecule has 0 bridgehead atoms. The maximum atomic E-state index is 12.8. The molecule has 0 radical (unpaired) electrons. The Kier molecular flexibility index (Phi) is 8.36. The molecule has 1 heterocycles. The van der Waals surface area contributed by atoms with E-state index in [4.69, 9.17) is 14.2 Å². The SMILES string of the molecule is CCCCCOc1ccc(C2NC(=O)NC(CC)=C2C(=O)OC(C)C)cc1OC. The van der Waals surface area contributed by atoms with Crippen LogP contribution >= 0.6 is 0 Å². The molecule has 0 aromatic heterocycles. The number of carbonyl (C=O) groups excluding carboxylic acids is 2. The number of ether oxygens (including phenoxy) is 3. The van der Waals surface area contributed by atoms with Gasteiger partial charge in [0.2, 0.25) is 0 Å². The summed E-state index contributed by atoms with van der Waals surface area (Å²) < 4.78 is 16.7. The highest BCUT2D eigenvalue weighted by Gasteiger charge is 2.34. The number of esters is 1. The molecule has 0 aliphatic carbocycles. The van der Waals surface area contributed by atoms with Crippen LogP contribution in [0.5, 0.6) is 11.5 Å². The molecule has 7 nitrogen and oxygen atoms in total. The van der Waals surface area contributed by atoms with Gasteiger partial charge in [-0.2, -0.15) is 0 Å². The first-order valence-electron chi connectivity index (χ1n) is 10.2. The standard InChI is InChI=1S/C22H32N2O5/c1-6-8-9-12-28-17-11-10-15(13-18(17)27-5)20-19(21(25)29-14(3)4)16(7-2)23-22(26)24-20/h10-11,13-14,20H,6-9,12H2,1-5H3,(H2,23,24,26). The van der Waals surface area contributed by atoms with Gasteiger partial charge in [0.25, 0.3) is 0 Å². The minimum atomic E-state index is -0.631. The highest BCUT2D eigenvalue weighted by Crippen LogP contribution is 2.35. The summed E-state index contributed by atoms with van der Waals surface area (Å²) in [6, 6.07) is 4.45. The third-order valence-corrected chi connectivity index (χ3v) is 4.60. The highest BCUT2D eigenvalue weighted by atomic mass is 16.5. The molecule has 2 amide bonds. The van der Waals surface area contributed by atoms with E-state index in [1.807, 2.05) is 19.1 Å². The molecule has 0 saturated heterocycles. The van der Waals surface area contributed by atoms with Gasteiger partial charge >= 0.3 is 12.0 Å². The van der Waals surface area contributed by atoms with E-state index in [1.165, 1.54) is 0 Å². The molecule has 2 rings (SSSR count). The van der Waals surface area contributed by atoms with Crippen LogP contribution in [0.15, 0.2) is 29.5 Å². The molecular formula is C22H32N2O5. The van der Waals surface area contributed by atoms with Gasteiger partial charge in [0.1, 0.15) is 0 Å². The van der Waals surface area contributed by atoms with Crippen molar-refractivity contribution in [2.45, 2.75) is 65.5 Å². The average molecular weight is 405 g/mol. The fourth-order valence-corrected chi connectivity index (χ4v) is 3.18. The molecule has 1 aromatic rings. The monoisotopic (exact) mass is 404 g/mol. The second-order valence-corrected chi connectivity index (χ2v) is 7.20. The lowest BCUT2D eigenvalue weighted by molar-refractivity contribution is -0.143. The molecule has 1 aromatic carbocycles. The lowest BCUT2D eigenvalue weighted by Crippen LogP contribution is -2.46. The number of hydrogen-bond donors (Lipinski definition) is 2. The van der Waals surface area contributed by atoms with Crippen molar-refractivity contribution < 1.29 is 23.8 Å². The van der Waals surface area contributed by atoms with Gasteiger partial charge < -0.3 is 24.8 Å². The molecule has 0 saturated carbocycles. The van der Waals surface area contributed by atoms with Gasteiger partial charge in [-0.15, -0.1) is 0 Å². The second-order valence-electron chi connectivity index (χ2n) is 7.20. The Labute approximate surface area is 172 Å². The molecule has 2 N–H and O–H groups in total. The first kappa shape index (κ1) is 22.6. The van der Waals surface area contributed by atoms with Gasteiger partial charge in [-0.1, -0.05) is 32.8 Å². The summed E-state index contributed by atoms with van der Waals surface area (Å²) in [4.78, 5) is 24.9. The zero-order valence-electron chi connectivity index (χ0n) is 18.0. The molecule has 7 heteroatoms. The smallest absolute Gasteiger partial charge is 0.338 e. The summed E-state index contributed by atoms with van der Waals surface area (Å²) in [7, 11) is 1.57. The maximum absolute atomic E-state index is 12.8. The van der Waals surface area contributed by atoms with Crippen LogP contribution in [0.25, 0.3) is 0 Å². The van der Waals surface area contributed by atoms with Crippen molar-refractivity contribution in [3.63, 3.8) is 0 Å². The number of urea groups is 1. The molecule has 0 spiro atoms. The predicted octanol–water partition coefficient (Wildman–Crippen LogP) is 4.23. The summed E-state index contributed by atoms with van der Waals surface area (Å²) in [5.41, 5.74) is 1.68. The first-order chi connectivity index (χ1) is 13.9. The third-order valence-electron chi connectivity index (χ3n) is 4.60. The summed E-state index contributed by atoms with van der Waals surface area (Å²) >= 11 is 0. The van der Waals surface area contributed by atoms with Crippen LogP contribution in [0.1, 0.15) is 65.0 Å². The average Bonchev–Trinajstić information content (AvgIpc) is 2.69. The van der Waals surface area contributed by atoms with Crippen molar-refractivity contribution in [2.24, 2.45) is 0 Å². The largest absolute Gasteiger partial charge is 0.493 e. The summed E-state index contributed by atoms with van der Waals surface area (Å²) in [6.07, 6.45) is 3.44. The molecule has 1 atom stereocenters. The lowest BCUT2D eigenvalue weighted by Gasteiger charge is -2.30. The van der Waals surface area contributed by atoms with Crippen LogP contribution in [0, 0.1) is 0 Å². The van der Waals surface area contributed by atoms with E-state index < -0.39 is 12.0 Å². The van der Waals surface area contributed by atoms with Gasteiger partial charge in [-0.3, -0.25) is 0 Å². The van der Waals surface area contributed by atoms with Crippen LogP contribution < -0.4 is 20.1 Å². The van der Waals surface area contributed by atoms with E-state index in [1.54, 1.807) is 27.0 Å². The number of allylic oxidation sites excluding steroid dienone is 1. The molecule has 1 unspecified atom stereocenters. The van der Waals surface area contributed by atoms with E-state index in [9.17, 15) is 9.59 Å². The number of amides is 2. The van der Waals surface area contributed by atoms with E-state index in [-0.39, 0.29) is 12.1 Å². The zero-order valence-corrected chi connectivity index (χ0v) is 18.0. The van der Waals surface area contributed by atoms with E-state index in [0.717, 1.165) is 24.8 Å². The van der Waals surface area contributed by atoms with Gasteiger partial charge in [-0.05, 0) is 44.4 Å². The van der Waals surface area contributed by atoms with Gasteiger partial charge in [0.05, 0.1) is 31.4 Å². The molecule has 160 valence electrons. The summed E-state index contributed by atoms with van der Waals surface area (Å²) in [5.74, 6) is 0.744. The number of unbranched alkanes of at least 4 members (excludes halogenated alkanes) is 2. The van der Waals surface area contributed by atoms with Gasteiger partial charge in [-0.25, -0.2) is 9.59 Å². The summed E-state index contributed by atoms with van der Waals surface area (Å²) in [6.45, 7) is 8.22. The first-order valence-corrected chi connectivity index (χ1v) is 10.2. The van der Waals surface area contributed by atoms with E-state index >= 15 is 0 Å². The fraction of sp³-hybridized carbons (Fsp3) is 0.545. The van der Waals surface area contributed by atoms with Crippen molar-refractivity contribution >= 4 is 12.0 Å². The normalized spacial score (nSPS) is 16.3. The van der Waals surface area contributed by atoms with Crippen LogP contribution in [-0.4, -0.2) is 31.8 Å². The Morgan fingerprint density at radius 1 is 1.17 bits per heavy atom. The molecule has 0 fully saturated rings. The molecule has 29 heavy (non-hydrogen) atoms. The topological polar surface area (TPSA) is 85.9 Å². The Bertz CT molecular complexity index is 758. The van der Waals surface area contributed by atoms with Crippen LogP contribution in [0.3, 0.4) is 0 Å². The minimum absolute atomic E-state index is 0.264. The Balaban J connectivity index is 2.36.